The zero-order chi connectivity index (χ0) is 79.7. The molecule has 32 nitrogen and oxygen atoms in total. The zero-order valence-corrected chi connectivity index (χ0v) is 66.2. The molecule has 0 saturated carbocycles. The van der Waals surface area contributed by atoms with Gasteiger partial charge in [-0.15, -0.1) is 0 Å². The number of hydrogen-bond donors (Lipinski definition) is 10. The zero-order valence-electron chi connectivity index (χ0n) is 61.8. The lowest BCUT2D eigenvalue weighted by molar-refractivity contribution is -0.131. The highest BCUT2D eigenvalue weighted by atomic mass is 31.2. The average Bonchev–Trinajstić information content (AvgIpc) is 0.861. The van der Waals surface area contributed by atoms with Gasteiger partial charge in [-0.3, -0.25) is 22.6 Å². The first-order valence-corrected chi connectivity index (χ1v) is 38.8. The van der Waals surface area contributed by atoms with Crippen molar-refractivity contribution in [1.82, 2.24) is 0 Å². The van der Waals surface area contributed by atoms with Crippen LogP contribution in [0, 0.1) is 21.7 Å². The molecular formula is C65H121O32P5. The fourth-order valence-electron chi connectivity index (χ4n) is 7.11. The van der Waals surface area contributed by atoms with E-state index in [9.17, 15) is 32.6 Å². The first-order chi connectivity index (χ1) is 46.6. The standard InChI is InChI=1S/C30H53O10P.C17H31O7P.C13H26O10P2.C5H11O5P/c1-24(2)11-34-16-29(17-35-12-25(3)4,18-36-13-26(5)6)21-39-22-30(19-37-14-27(7)8,20-38-15-28(9)10)23-40-41(31,32)33;1-14(2)7-21-10-17(11-22-8-15(3)4,12-23-9-16(5)6)13-24-25(18,19)20;1-11(2)5-20-7-13(8-21-6-12(3)4,9-22-24(14,15)16)10-23-25(17,18)19;1-5(2)3-9-4-10-11(6,7)8/h1,3,5,7,9,11-23H2,2,4,6,8,10H3,(H2,31,32,33);1,3,5,7-13H2,2,4,6H3,(H2,18,19,20);1,3,5-10H2,2,4H3,(H2,14,15,16)(H2,17,18,19);1,3-4H2,2H3,(H2,6,7,8). The van der Waals surface area contributed by atoms with Gasteiger partial charge >= 0.3 is 39.1 Å². The maximum absolute atomic E-state index is 11.6. The number of phosphoric acid groups is 5. The van der Waals surface area contributed by atoms with Crippen LogP contribution in [0.3, 0.4) is 0 Å². The Bertz CT molecular complexity index is 2620. The Morgan fingerprint density at radius 1 is 0.206 bits per heavy atom. The Morgan fingerprint density at radius 3 is 0.461 bits per heavy atom. The van der Waals surface area contributed by atoms with Gasteiger partial charge in [0.05, 0.1) is 200 Å². The lowest BCUT2D eigenvalue weighted by Crippen LogP contribution is -2.46. The fourth-order valence-corrected chi connectivity index (χ4v) is 9.09. The Kier molecular flexibility index (Phi) is 57.5. The Balaban J connectivity index is -0.000000681. The largest absolute Gasteiger partial charge is 0.471 e. The summed E-state index contributed by atoms with van der Waals surface area (Å²) in [5, 5.41) is 0. The molecule has 0 spiro atoms. The Hall–Kier alpha value is -2.79. The van der Waals surface area contributed by atoms with Crippen LogP contribution in [0.25, 0.3) is 0 Å². The third-order valence-corrected chi connectivity index (χ3v) is 13.5. The van der Waals surface area contributed by atoms with Crippen LogP contribution < -0.4 is 0 Å². The Morgan fingerprint density at radius 2 is 0.324 bits per heavy atom. The van der Waals surface area contributed by atoms with Gasteiger partial charge in [-0.1, -0.05) is 134 Å². The second-order valence-electron chi connectivity index (χ2n) is 26.1. The minimum absolute atomic E-state index is 0.0113. The van der Waals surface area contributed by atoms with Crippen molar-refractivity contribution in [3.8, 4) is 0 Å². The number of rotatable bonds is 61. The van der Waals surface area contributed by atoms with E-state index in [1.807, 2.05) is 55.4 Å². The molecular weight excluding hydrogens is 1450 g/mol. The summed E-state index contributed by atoms with van der Waals surface area (Å²) in [6, 6.07) is 0. The summed E-state index contributed by atoms with van der Waals surface area (Å²) < 4.78 is 146. The fraction of sp³-hybridized carbons (Fsp3) is 0.662. The van der Waals surface area contributed by atoms with Crippen LogP contribution in [0.15, 0.2) is 134 Å². The number of hydrogen-bond acceptors (Lipinski definition) is 22. The van der Waals surface area contributed by atoms with E-state index in [2.05, 4.69) is 90.7 Å². The van der Waals surface area contributed by atoms with Crippen LogP contribution in [0.4, 0.5) is 0 Å². The Labute approximate surface area is 604 Å². The first kappa shape index (κ1) is 106. The van der Waals surface area contributed by atoms with Crippen molar-refractivity contribution < 1.29 is 151 Å². The summed E-state index contributed by atoms with van der Waals surface area (Å²) in [6.45, 7) is 63.0. The molecule has 0 aliphatic heterocycles. The molecule has 0 atom stereocenters. The molecule has 0 saturated heterocycles. The third-order valence-electron chi connectivity index (χ3n) is 11.2. The monoisotopic (exact) mass is 1570 g/mol. The van der Waals surface area contributed by atoms with E-state index in [0.29, 0.717) is 50.8 Å². The van der Waals surface area contributed by atoms with Crippen molar-refractivity contribution in [2.75, 3.05) is 185 Å². The third kappa shape index (κ3) is 72.8. The van der Waals surface area contributed by atoms with Crippen LogP contribution in [-0.2, 0) is 102 Å². The predicted octanol–water partition coefficient (Wildman–Crippen LogP) is 9.93. The van der Waals surface area contributed by atoms with Crippen molar-refractivity contribution in [1.29, 1.82) is 0 Å². The smallest absolute Gasteiger partial charge is 0.380 e. The molecule has 0 aromatic heterocycles. The minimum atomic E-state index is -4.82. The molecule has 0 fully saturated rings. The van der Waals surface area contributed by atoms with Crippen molar-refractivity contribution in [3.63, 3.8) is 0 Å². The lowest BCUT2D eigenvalue weighted by atomic mass is 9.90. The topological polar surface area (TPSA) is 445 Å². The highest BCUT2D eigenvalue weighted by Crippen LogP contribution is 2.43. The van der Waals surface area contributed by atoms with Gasteiger partial charge in [0, 0.05) is 0 Å². The minimum Gasteiger partial charge on any atom is -0.380 e. The molecule has 0 amide bonds. The van der Waals surface area contributed by atoms with Crippen molar-refractivity contribution >= 4 is 39.1 Å². The number of ether oxygens (including phenoxy) is 12. The van der Waals surface area contributed by atoms with Gasteiger partial charge in [-0.05, 0) is 76.2 Å². The van der Waals surface area contributed by atoms with Crippen LogP contribution in [0.5, 0.6) is 0 Å². The molecule has 0 heterocycles. The highest BCUT2D eigenvalue weighted by Gasteiger charge is 2.41. The molecule has 102 heavy (non-hydrogen) atoms. The molecule has 0 unspecified atom stereocenters. The molecule has 598 valence electrons. The quantitative estimate of drug-likeness (QED) is 0.0117. The highest BCUT2D eigenvalue weighted by molar-refractivity contribution is 7.47. The van der Waals surface area contributed by atoms with Crippen LogP contribution in [-0.4, -0.2) is 234 Å². The van der Waals surface area contributed by atoms with Gasteiger partial charge in [0.15, 0.2) is 6.79 Å². The van der Waals surface area contributed by atoms with Gasteiger partial charge < -0.3 is 106 Å². The van der Waals surface area contributed by atoms with E-state index in [4.69, 9.17) is 100 Å². The van der Waals surface area contributed by atoms with Crippen molar-refractivity contribution in [2.24, 2.45) is 21.7 Å². The maximum Gasteiger partial charge on any atom is 0.471 e. The molecule has 0 bridgehead atoms. The molecule has 0 radical (unpaired) electrons. The predicted molar refractivity (Wildman–Crippen MR) is 388 cm³/mol. The van der Waals surface area contributed by atoms with E-state index < -0.39 is 80.8 Å². The van der Waals surface area contributed by atoms with E-state index in [1.54, 1.807) is 20.8 Å². The van der Waals surface area contributed by atoms with Crippen LogP contribution in [0.2, 0.25) is 0 Å². The number of phosphoric ester groups is 5. The van der Waals surface area contributed by atoms with E-state index in [-0.39, 0.29) is 126 Å². The summed E-state index contributed by atoms with van der Waals surface area (Å²) in [6.07, 6.45) is 0. The summed E-state index contributed by atoms with van der Waals surface area (Å²) in [4.78, 5) is 89.0. The molecule has 0 aliphatic rings. The second kappa shape index (κ2) is 55.6. The van der Waals surface area contributed by atoms with E-state index in [1.165, 1.54) is 0 Å². The lowest BCUT2D eigenvalue weighted by Gasteiger charge is -2.37. The van der Waals surface area contributed by atoms with Crippen LogP contribution in [0.1, 0.15) is 76.2 Å². The van der Waals surface area contributed by atoms with Gasteiger partial charge in [-0.2, -0.15) is 0 Å². The summed E-state index contributed by atoms with van der Waals surface area (Å²) in [7, 11) is -23.5. The average molecular weight is 1570 g/mol. The van der Waals surface area contributed by atoms with Gasteiger partial charge in [-0.25, -0.2) is 22.8 Å². The SMILES string of the molecule is C=C(C)COCC(COCC(=C)C)(COCC(=C)C)COCC(COCC(=C)C)(COCC(=C)C)COP(=O)(O)O.C=C(C)COCC(COCC(=C)C)(COCC(=C)C)COP(=O)(O)O.C=C(C)COCC(COCC(=C)C)(COP(=O)(O)O)COP(=O)(O)O.C=C(C)COCOP(=O)(O)O. The first-order valence-electron chi connectivity index (χ1n) is 31.1. The summed E-state index contributed by atoms with van der Waals surface area (Å²) in [5.41, 5.74) is 4.74. The molecule has 0 rings (SSSR count). The molecule has 0 aromatic rings. The molecule has 0 aromatic carbocycles. The summed E-state index contributed by atoms with van der Waals surface area (Å²) in [5.74, 6) is 0. The van der Waals surface area contributed by atoms with Gasteiger partial charge in [0.25, 0.3) is 0 Å². The molecule has 37 heteroatoms. The van der Waals surface area contributed by atoms with Crippen LogP contribution >= 0.6 is 39.1 Å². The normalized spacial score (nSPS) is 12.4. The maximum atomic E-state index is 11.6. The van der Waals surface area contributed by atoms with E-state index >= 15 is 0 Å². The molecule has 10 N–H and O–H groups in total. The second-order valence-corrected chi connectivity index (χ2v) is 32.3. The summed E-state index contributed by atoms with van der Waals surface area (Å²) >= 11 is 0. The molecule has 0 aliphatic carbocycles. The van der Waals surface area contributed by atoms with Gasteiger partial charge in [0.1, 0.15) is 0 Å². The van der Waals surface area contributed by atoms with E-state index in [0.717, 1.165) is 50.2 Å². The van der Waals surface area contributed by atoms with Gasteiger partial charge in [0.2, 0.25) is 0 Å². The van der Waals surface area contributed by atoms with Crippen molar-refractivity contribution in [3.05, 3.63) is 134 Å². The van der Waals surface area contributed by atoms with Crippen molar-refractivity contribution in [2.45, 2.75) is 76.2 Å².